The molecule has 0 radical (unpaired) electrons. The molecule has 32 heavy (non-hydrogen) atoms. The maximum atomic E-state index is 13.3. The van der Waals surface area contributed by atoms with Crippen LogP contribution in [0.2, 0.25) is 0 Å². The number of anilines is 1. The van der Waals surface area contributed by atoms with E-state index in [0.29, 0.717) is 11.3 Å². The van der Waals surface area contributed by atoms with E-state index in [9.17, 15) is 27.2 Å². The number of urea groups is 1. The summed E-state index contributed by atoms with van der Waals surface area (Å²) in [4.78, 5) is 38.9. The summed E-state index contributed by atoms with van der Waals surface area (Å²) in [5.41, 5.74) is -0.659. The highest BCUT2D eigenvalue weighted by Crippen LogP contribution is 2.32. The molecule has 1 saturated heterocycles. The van der Waals surface area contributed by atoms with Gasteiger partial charge in [0.1, 0.15) is 17.9 Å². The normalized spacial score (nSPS) is 18.7. The first kappa shape index (κ1) is 23.4. The molecule has 1 aliphatic rings. The van der Waals surface area contributed by atoms with E-state index in [-0.39, 0.29) is 11.3 Å². The van der Waals surface area contributed by atoms with Gasteiger partial charge in [0, 0.05) is 19.8 Å². The molecule has 11 heteroatoms. The van der Waals surface area contributed by atoms with Crippen molar-refractivity contribution in [3.05, 3.63) is 59.9 Å². The quantitative estimate of drug-likeness (QED) is 0.610. The maximum absolute atomic E-state index is 13.3. The summed E-state index contributed by atoms with van der Waals surface area (Å²) in [6.07, 6.45) is 0.211. The number of rotatable bonds is 7. The Bertz CT molecular complexity index is 1150. The minimum atomic E-state index is -3.61. The molecule has 4 amide bonds. The number of hydrogen-bond acceptors (Lipinski definition) is 5. The Morgan fingerprint density at radius 1 is 1.09 bits per heavy atom. The molecular formula is C21H23FN4O5S. The molecule has 2 aromatic carbocycles. The van der Waals surface area contributed by atoms with Crippen LogP contribution in [-0.4, -0.2) is 56.1 Å². The third kappa shape index (κ3) is 4.21. The minimum absolute atomic E-state index is 0.0571. The second-order valence-electron chi connectivity index (χ2n) is 7.45. The Balaban J connectivity index is 1.73. The van der Waals surface area contributed by atoms with Crippen LogP contribution in [0.1, 0.15) is 18.9 Å². The number of carbonyl (C=O) groups is 3. The summed E-state index contributed by atoms with van der Waals surface area (Å²) in [6.45, 7) is 1.17. The molecule has 0 bridgehead atoms. The van der Waals surface area contributed by atoms with Gasteiger partial charge in [-0.2, -0.15) is 0 Å². The van der Waals surface area contributed by atoms with E-state index in [1.165, 1.54) is 62.6 Å². The van der Waals surface area contributed by atoms with Crippen LogP contribution in [-0.2, 0) is 25.2 Å². The fourth-order valence-corrected chi connectivity index (χ4v) is 4.31. The van der Waals surface area contributed by atoms with Crippen molar-refractivity contribution in [2.24, 2.45) is 0 Å². The lowest BCUT2D eigenvalue weighted by Crippen LogP contribution is -2.44. The van der Waals surface area contributed by atoms with Crippen LogP contribution in [0.5, 0.6) is 0 Å². The highest BCUT2D eigenvalue weighted by Gasteiger charge is 2.51. The van der Waals surface area contributed by atoms with E-state index in [1.807, 2.05) is 0 Å². The van der Waals surface area contributed by atoms with Gasteiger partial charge in [0.05, 0.1) is 4.90 Å². The monoisotopic (exact) mass is 462 g/mol. The molecule has 1 atom stereocenters. The fourth-order valence-electron chi connectivity index (χ4n) is 3.41. The van der Waals surface area contributed by atoms with Gasteiger partial charge in [0.15, 0.2) is 0 Å². The number of halogens is 1. The van der Waals surface area contributed by atoms with Crippen LogP contribution in [0.25, 0.3) is 0 Å². The van der Waals surface area contributed by atoms with Crippen molar-refractivity contribution in [1.82, 2.24) is 14.5 Å². The SMILES string of the molecule is CCC1(c2ccc(F)cc2)NC(=O)N(CC(=O)Nc2ccc(S(=O)(=O)N(C)C)cc2)C1=O. The van der Waals surface area contributed by atoms with Crippen molar-refractivity contribution in [3.8, 4) is 0 Å². The van der Waals surface area contributed by atoms with E-state index in [2.05, 4.69) is 10.6 Å². The molecule has 1 aliphatic heterocycles. The van der Waals surface area contributed by atoms with Gasteiger partial charge in [-0.15, -0.1) is 0 Å². The summed E-state index contributed by atoms with van der Waals surface area (Å²) >= 11 is 0. The summed E-state index contributed by atoms with van der Waals surface area (Å²) in [6, 6.07) is 10.0. The summed E-state index contributed by atoms with van der Waals surface area (Å²) in [7, 11) is -0.793. The minimum Gasteiger partial charge on any atom is -0.325 e. The van der Waals surface area contributed by atoms with Crippen molar-refractivity contribution in [2.75, 3.05) is 26.0 Å². The van der Waals surface area contributed by atoms with E-state index in [0.717, 1.165) is 9.21 Å². The lowest BCUT2D eigenvalue weighted by molar-refractivity contribution is -0.134. The van der Waals surface area contributed by atoms with Gasteiger partial charge in [-0.05, 0) is 48.4 Å². The van der Waals surface area contributed by atoms with E-state index < -0.39 is 45.8 Å². The number of hydrogen-bond donors (Lipinski definition) is 2. The lowest BCUT2D eigenvalue weighted by atomic mass is 9.87. The van der Waals surface area contributed by atoms with Crippen LogP contribution in [0.15, 0.2) is 53.4 Å². The second-order valence-corrected chi connectivity index (χ2v) is 9.60. The Hall–Kier alpha value is -3.31. The standard InChI is InChI=1S/C21H23FN4O5S/c1-4-21(14-5-7-15(22)8-6-14)19(28)26(20(29)24-21)13-18(27)23-16-9-11-17(12-10-16)32(30,31)25(2)3/h5-12H,4,13H2,1-3H3,(H,23,27)(H,24,29). The Kier molecular flexibility index (Phi) is 6.33. The van der Waals surface area contributed by atoms with Crippen molar-refractivity contribution >= 4 is 33.6 Å². The third-order valence-electron chi connectivity index (χ3n) is 5.26. The van der Waals surface area contributed by atoms with Gasteiger partial charge in [0.25, 0.3) is 5.91 Å². The molecule has 1 unspecified atom stereocenters. The zero-order chi connectivity index (χ0) is 23.7. The molecule has 2 N–H and O–H groups in total. The third-order valence-corrected chi connectivity index (χ3v) is 7.09. The van der Waals surface area contributed by atoms with Crippen molar-refractivity contribution in [1.29, 1.82) is 0 Å². The maximum Gasteiger partial charge on any atom is 0.325 e. The van der Waals surface area contributed by atoms with Crippen molar-refractivity contribution in [3.63, 3.8) is 0 Å². The highest BCUT2D eigenvalue weighted by atomic mass is 32.2. The van der Waals surface area contributed by atoms with Gasteiger partial charge in [-0.25, -0.2) is 21.9 Å². The number of carbonyl (C=O) groups excluding carboxylic acids is 3. The first-order valence-electron chi connectivity index (χ1n) is 9.74. The van der Waals surface area contributed by atoms with Gasteiger partial charge in [-0.3, -0.25) is 14.5 Å². The van der Waals surface area contributed by atoms with E-state index in [1.54, 1.807) is 6.92 Å². The first-order valence-corrected chi connectivity index (χ1v) is 11.2. The van der Waals surface area contributed by atoms with Gasteiger partial charge >= 0.3 is 6.03 Å². The topological polar surface area (TPSA) is 116 Å². The predicted octanol–water partition coefficient (Wildman–Crippen LogP) is 1.87. The van der Waals surface area contributed by atoms with Crippen molar-refractivity contribution in [2.45, 2.75) is 23.8 Å². The van der Waals surface area contributed by atoms with Crippen LogP contribution in [0.4, 0.5) is 14.9 Å². The molecule has 1 fully saturated rings. The molecule has 3 rings (SSSR count). The molecule has 1 heterocycles. The van der Waals surface area contributed by atoms with E-state index in [4.69, 9.17) is 0 Å². The first-order chi connectivity index (χ1) is 15.0. The van der Waals surface area contributed by atoms with Gasteiger partial charge in [-0.1, -0.05) is 19.1 Å². The summed E-state index contributed by atoms with van der Waals surface area (Å²) < 4.78 is 38.6. The Labute approximate surface area is 185 Å². The van der Waals surface area contributed by atoms with Gasteiger partial charge < -0.3 is 10.6 Å². The highest BCUT2D eigenvalue weighted by molar-refractivity contribution is 7.89. The molecule has 170 valence electrons. The largest absolute Gasteiger partial charge is 0.325 e. The van der Waals surface area contributed by atoms with Crippen LogP contribution in [0, 0.1) is 5.82 Å². The number of benzene rings is 2. The van der Waals surface area contributed by atoms with E-state index >= 15 is 0 Å². The zero-order valence-corrected chi connectivity index (χ0v) is 18.6. The summed E-state index contributed by atoms with van der Waals surface area (Å²) in [5, 5.41) is 5.16. The zero-order valence-electron chi connectivity index (χ0n) is 17.8. The van der Waals surface area contributed by atoms with Crippen LogP contribution < -0.4 is 10.6 Å². The number of amides is 4. The van der Waals surface area contributed by atoms with Crippen LogP contribution in [0.3, 0.4) is 0 Å². The van der Waals surface area contributed by atoms with Gasteiger partial charge in [0.2, 0.25) is 15.9 Å². The molecule has 0 aromatic heterocycles. The lowest BCUT2D eigenvalue weighted by Gasteiger charge is -2.25. The van der Waals surface area contributed by atoms with Crippen molar-refractivity contribution < 1.29 is 27.2 Å². The molecule has 9 nitrogen and oxygen atoms in total. The number of imide groups is 1. The molecule has 2 aromatic rings. The second kappa shape index (κ2) is 8.67. The molecular weight excluding hydrogens is 439 g/mol. The fraction of sp³-hybridized carbons (Fsp3) is 0.286. The summed E-state index contributed by atoms with van der Waals surface area (Å²) in [5.74, 6) is -1.72. The average molecular weight is 463 g/mol. The number of nitrogens with zero attached hydrogens (tertiary/aromatic N) is 2. The average Bonchev–Trinajstić information content (AvgIpc) is 2.99. The number of nitrogens with one attached hydrogen (secondary N) is 2. The Morgan fingerprint density at radius 2 is 1.69 bits per heavy atom. The smallest absolute Gasteiger partial charge is 0.325 e. The predicted molar refractivity (Wildman–Crippen MR) is 115 cm³/mol. The van der Waals surface area contributed by atoms with Crippen LogP contribution >= 0.6 is 0 Å². The number of sulfonamides is 1. The Morgan fingerprint density at radius 3 is 2.22 bits per heavy atom. The molecule has 0 spiro atoms. The molecule has 0 aliphatic carbocycles. The molecule has 0 saturated carbocycles.